The molecule has 0 saturated carbocycles. The first-order valence-electron chi connectivity index (χ1n) is 5.04. The van der Waals surface area contributed by atoms with Gasteiger partial charge in [-0.25, -0.2) is 4.79 Å². The van der Waals surface area contributed by atoms with E-state index in [0.29, 0.717) is 13.2 Å². The summed E-state index contributed by atoms with van der Waals surface area (Å²) in [5.41, 5.74) is 0.754. The minimum absolute atomic E-state index is 0.193. The van der Waals surface area contributed by atoms with E-state index in [2.05, 4.69) is 10.6 Å². The Hall–Kier alpha value is -1.71. The molecule has 0 aliphatic rings. The lowest BCUT2D eigenvalue weighted by atomic mass is 10.3. The topological polar surface area (TPSA) is 50.4 Å². The van der Waals surface area contributed by atoms with Crippen LogP contribution in [0.4, 0.5) is 10.5 Å². The molecule has 0 bridgehead atoms. The zero-order chi connectivity index (χ0) is 11.1. The van der Waals surface area contributed by atoms with E-state index < -0.39 is 0 Å². The van der Waals surface area contributed by atoms with Gasteiger partial charge >= 0.3 is 6.03 Å². The Kier molecular flexibility index (Phi) is 4.47. The highest BCUT2D eigenvalue weighted by Crippen LogP contribution is 2.15. The molecule has 1 aromatic rings. The van der Waals surface area contributed by atoms with Gasteiger partial charge in [0.15, 0.2) is 0 Å². The van der Waals surface area contributed by atoms with Gasteiger partial charge in [0.05, 0.1) is 6.61 Å². The number of rotatable bonds is 4. The molecular weight excluding hydrogens is 192 g/mol. The van der Waals surface area contributed by atoms with Gasteiger partial charge in [0.25, 0.3) is 0 Å². The summed E-state index contributed by atoms with van der Waals surface area (Å²) < 4.78 is 5.28. The molecule has 0 aliphatic heterocycles. The third-order valence-electron chi connectivity index (χ3n) is 1.76. The van der Waals surface area contributed by atoms with Crippen molar-refractivity contribution >= 4 is 11.7 Å². The van der Waals surface area contributed by atoms with Gasteiger partial charge < -0.3 is 15.4 Å². The SMILES string of the molecule is CCNC(=O)Nc1ccc(OCC)cc1. The molecule has 0 saturated heterocycles. The van der Waals surface area contributed by atoms with Crippen LogP contribution in [0.2, 0.25) is 0 Å². The molecule has 0 atom stereocenters. The third kappa shape index (κ3) is 3.89. The molecular formula is C11H16N2O2. The molecule has 82 valence electrons. The van der Waals surface area contributed by atoms with Gasteiger partial charge in [0.1, 0.15) is 5.75 Å². The van der Waals surface area contributed by atoms with Crippen LogP contribution in [-0.2, 0) is 0 Å². The lowest BCUT2D eigenvalue weighted by Crippen LogP contribution is -2.28. The fourth-order valence-electron chi connectivity index (χ4n) is 1.14. The minimum Gasteiger partial charge on any atom is -0.494 e. The molecule has 0 fully saturated rings. The van der Waals surface area contributed by atoms with E-state index in [0.717, 1.165) is 11.4 Å². The van der Waals surface area contributed by atoms with Crippen molar-refractivity contribution in [2.24, 2.45) is 0 Å². The molecule has 0 radical (unpaired) electrons. The predicted molar refractivity (Wildman–Crippen MR) is 60.3 cm³/mol. The predicted octanol–water partition coefficient (Wildman–Crippen LogP) is 2.23. The average Bonchev–Trinajstić information content (AvgIpc) is 2.22. The Morgan fingerprint density at radius 3 is 2.47 bits per heavy atom. The molecule has 1 aromatic carbocycles. The number of carbonyl (C=O) groups excluding carboxylic acids is 1. The molecule has 0 aliphatic carbocycles. The van der Waals surface area contributed by atoms with Crippen LogP contribution in [0.3, 0.4) is 0 Å². The summed E-state index contributed by atoms with van der Waals surface area (Å²) in [5.74, 6) is 0.805. The van der Waals surface area contributed by atoms with Crippen molar-refractivity contribution < 1.29 is 9.53 Å². The standard InChI is InChI=1S/C11H16N2O2/c1-3-12-11(14)13-9-5-7-10(8-6-9)15-4-2/h5-8H,3-4H2,1-2H3,(H2,12,13,14). The number of hydrogen-bond acceptors (Lipinski definition) is 2. The number of nitrogens with one attached hydrogen (secondary N) is 2. The molecule has 4 heteroatoms. The van der Waals surface area contributed by atoms with Crippen LogP contribution in [0.25, 0.3) is 0 Å². The van der Waals surface area contributed by atoms with Crippen LogP contribution in [0.15, 0.2) is 24.3 Å². The van der Waals surface area contributed by atoms with Crippen LogP contribution >= 0.6 is 0 Å². The molecule has 2 amide bonds. The number of benzene rings is 1. The summed E-state index contributed by atoms with van der Waals surface area (Å²) in [4.78, 5) is 11.2. The molecule has 15 heavy (non-hydrogen) atoms. The first kappa shape index (κ1) is 11.4. The van der Waals surface area contributed by atoms with Gasteiger partial charge in [-0.3, -0.25) is 0 Å². The highest BCUT2D eigenvalue weighted by Gasteiger charge is 1.99. The molecule has 0 spiro atoms. The zero-order valence-electron chi connectivity index (χ0n) is 9.04. The van der Waals surface area contributed by atoms with E-state index in [1.807, 2.05) is 26.0 Å². The Morgan fingerprint density at radius 2 is 1.93 bits per heavy atom. The fraction of sp³-hybridized carbons (Fsp3) is 0.364. The van der Waals surface area contributed by atoms with E-state index in [1.165, 1.54) is 0 Å². The van der Waals surface area contributed by atoms with Gasteiger partial charge in [-0.2, -0.15) is 0 Å². The summed E-state index contributed by atoms with van der Waals surface area (Å²) in [6, 6.07) is 7.07. The van der Waals surface area contributed by atoms with Crippen molar-refractivity contribution in [3.63, 3.8) is 0 Å². The minimum atomic E-state index is -0.193. The zero-order valence-corrected chi connectivity index (χ0v) is 9.04. The average molecular weight is 208 g/mol. The lowest BCUT2D eigenvalue weighted by Gasteiger charge is -2.07. The van der Waals surface area contributed by atoms with E-state index in [-0.39, 0.29) is 6.03 Å². The van der Waals surface area contributed by atoms with Crippen molar-refractivity contribution in [2.45, 2.75) is 13.8 Å². The molecule has 0 aromatic heterocycles. The Morgan fingerprint density at radius 1 is 1.27 bits per heavy atom. The first-order valence-corrected chi connectivity index (χ1v) is 5.04. The van der Waals surface area contributed by atoms with E-state index >= 15 is 0 Å². The molecule has 4 nitrogen and oxygen atoms in total. The van der Waals surface area contributed by atoms with E-state index in [9.17, 15) is 4.79 Å². The monoisotopic (exact) mass is 208 g/mol. The summed E-state index contributed by atoms with van der Waals surface area (Å²) in [6.45, 7) is 5.06. The highest BCUT2D eigenvalue weighted by molar-refractivity contribution is 5.89. The van der Waals surface area contributed by atoms with Crippen LogP contribution in [0.1, 0.15) is 13.8 Å². The summed E-state index contributed by atoms with van der Waals surface area (Å²) in [6.07, 6.45) is 0. The summed E-state index contributed by atoms with van der Waals surface area (Å²) >= 11 is 0. The molecule has 2 N–H and O–H groups in total. The Balaban J connectivity index is 2.52. The molecule has 0 unspecified atom stereocenters. The normalized spacial score (nSPS) is 9.47. The van der Waals surface area contributed by atoms with Gasteiger partial charge in [-0.1, -0.05) is 0 Å². The van der Waals surface area contributed by atoms with Gasteiger partial charge in [-0.05, 0) is 38.1 Å². The maximum atomic E-state index is 11.2. The third-order valence-corrected chi connectivity index (χ3v) is 1.76. The van der Waals surface area contributed by atoms with E-state index in [4.69, 9.17) is 4.74 Å². The number of ether oxygens (including phenoxy) is 1. The van der Waals surface area contributed by atoms with Crippen LogP contribution in [0.5, 0.6) is 5.75 Å². The number of anilines is 1. The van der Waals surface area contributed by atoms with Crippen LogP contribution < -0.4 is 15.4 Å². The number of amides is 2. The van der Waals surface area contributed by atoms with E-state index in [1.54, 1.807) is 12.1 Å². The molecule has 1 rings (SSSR count). The maximum absolute atomic E-state index is 11.2. The van der Waals surface area contributed by atoms with Crippen molar-refractivity contribution in [2.75, 3.05) is 18.5 Å². The molecule has 0 heterocycles. The lowest BCUT2D eigenvalue weighted by molar-refractivity contribution is 0.252. The highest BCUT2D eigenvalue weighted by atomic mass is 16.5. The maximum Gasteiger partial charge on any atom is 0.319 e. The first-order chi connectivity index (χ1) is 7.26. The second-order valence-corrected chi connectivity index (χ2v) is 2.94. The summed E-state index contributed by atoms with van der Waals surface area (Å²) in [5, 5.41) is 5.36. The smallest absolute Gasteiger partial charge is 0.319 e. The largest absolute Gasteiger partial charge is 0.494 e. The van der Waals surface area contributed by atoms with Gasteiger partial charge in [0.2, 0.25) is 0 Å². The van der Waals surface area contributed by atoms with Gasteiger partial charge in [0, 0.05) is 12.2 Å². The number of urea groups is 1. The van der Waals surface area contributed by atoms with Crippen molar-refractivity contribution in [1.82, 2.24) is 5.32 Å². The number of carbonyl (C=O) groups is 1. The quantitative estimate of drug-likeness (QED) is 0.797. The Labute approximate surface area is 89.6 Å². The summed E-state index contributed by atoms with van der Waals surface area (Å²) in [7, 11) is 0. The second-order valence-electron chi connectivity index (χ2n) is 2.94. The second kappa shape index (κ2) is 5.90. The fourth-order valence-corrected chi connectivity index (χ4v) is 1.14. The van der Waals surface area contributed by atoms with Crippen molar-refractivity contribution in [3.8, 4) is 5.75 Å². The van der Waals surface area contributed by atoms with Crippen molar-refractivity contribution in [1.29, 1.82) is 0 Å². The van der Waals surface area contributed by atoms with Crippen molar-refractivity contribution in [3.05, 3.63) is 24.3 Å². The van der Waals surface area contributed by atoms with Crippen LogP contribution in [0, 0.1) is 0 Å². The van der Waals surface area contributed by atoms with Gasteiger partial charge in [-0.15, -0.1) is 0 Å². The number of hydrogen-bond donors (Lipinski definition) is 2. The Bertz CT molecular complexity index is 309. The van der Waals surface area contributed by atoms with Crippen LogP contribution in [-0.4, -0.2) is 19.2 Å².